The summed E-state index contributed by atoms with van der Waals surface area (Å²) >= 11 is 0. The lowest BCUT2D eigenvalue weighted by molar-refractivity contribution is 0.102. The van der Waals surface area contributed by atoms with Crippen LogP contribution in [0.3, 0.4) is 0 Å². The van der Waals surface area contributed by atoms with Gasteiger partial charge in [-0.3, -0.25) is 4.79 Å². The molecule has 2 aromatic rings. The van der Waals surface area contributed by atoms with Crippen molar-refractivity contribution in [2.24, 2.45) is 0 Å². The number of hydrogen-bond donors (Lipinski definition) is 2. The zero-order valence-corrected chi connectivity index (χ0v) is 14.0. The molecule has 0 unspecified atom stereocenters. The first-order valence-electron chi connectivity index (χ1n) is 8.54. The maximum Gasteiger partial charge on any atom is 0.276 e. The molecule has 0 radical (unpaired) electrons. The van der Waals surface area contributed by atoms with Gasteiger partial charge in [0.05, 0.1) is 5.69 Å². The first-order chi connectivity index (χ1) is 12.2. The Kier molecular flexibility index (Phi) is 5.72. The van der Waals surface area contributed by atoms with E-state index in [9.17, 15) is 9.18 Å². The molecule has 1 amide bonds. The van der Waals surface area contributed by atoms with Crippen molar-refractivity contribution in [2.75, 3.05) is 17.2 Å². The van der Waals surface area contributed by atoms with Crippen molar-refractivity contribution >= 4 is 17.4 Å². The van der Waals surface area contributed by atoms with Crippen LogP contribution in [0.1, 0.15) is 42.6 Å². The Morgan fingerprint density at radius 3 is 2.72 bits per heavy atom. The summed E-state index contributed by atoms with van der Waals surface area (Å²) in [6.45, 7) is 0.793. The Hall–Kier alpha value is -2.76. The average Bonchev–Trinajstić information content (AvgIpc) is 2.65. The summed E-state index contributed by atoms with van der Waals surface area (Å²) in [4.78, 5) is 12.1. The minimum atomic E-state index is -0.489. The Labute approximate surface area is 146 Å². The molecule has 0 spiro atoms. The van der Waals surface area contributed by atoms with Crippen molar-refractivity contribution < 1.29 is 9.18 Å². The van der Waals surface area contributed by atoms with E-state index in [2.05, 4.69) is 26.9 Å². The predicted octanol–water partition coefficient (Wildman–Crippen LogP) is 4.17. The SMILES string of the molecule is O=C(Nc1ccccc1F)c1ccc(NCCC2=CCCCC2)nn1. The molecule has 130 valence electrons. The molecule has 0 aliphatic heterocycles. The fraction of sp³-hybridized carbons (Fsp3) is 0.316. The van der Waals surface area contributed by atoms with Gasteiger partial charge in [0, 0.05) is 6.54 Å². The summed E-state index contributed by atoms with van der Waals surface area (Å²) in [7, 11) is 0. The number of nitrogens with one attached hydrogen (secondary N) is 2. The second-order valence-electron chi connectivity index (χ2n) is 6.02. The number of halogens is 1. The number of carbonyl (C=O) groups excluding carboxylic acids is 1. The quantitative estimate of drug-likeness (QED) is 0.775. The fourth-order valence-corrected chi connectivity index (χ4v) is 2.78. The van der Waals surface area contributed by atoms with Crippen LogP contribution in [0.25, 0.3) is 0 Å². The largest absolute Gasteiger partial charge is 0.368 e. The fourth-order valence-electron chi connectivity index (χ4n) is 2.78. The average molecular weight is 340 g/mol. The van der Waals surface area contributed by atoms with Gasteiger partial charge in [0.2, 0.25) is 0 Å². The molecule has 1 aromatic heterocycles. The van der Waals surface area contributed by atoms with Crippen molar-refractivity contribution in [1.29, 1.82) is 0 Å². The molecule has 0 saturated carbocycles. The van der Waals surface area contributed by atoms with Gasteiger partial charge in [0.25, 0.3) is 5.91 Å². The summed E-state index contributed by atoms with van der Waals surface area (Å²) in [5.41, 5.74) is 1.76. The summed E-state index contributed by atoms with van der Waals surface area (Å²) in [6.07, 6.45) is 8.25. The predicted molar refractivity (Wildman–Crippen MR) is 96.0 cm³/mol. The van der Waals surface area contributed by atoms with Crippen LogP contribution in [0.5, 0.6) is 0 Å². The van der Waals surface area contributed by atoms with Crippen LogP contribution in [0, 0.1) is 5.82 Å². The molecule has 5 nitrogen and oxygen atoms in total. The minimum Gasteiger partial charge on any atom is -0.368 e. The van der Waals surface area contributed by atoms with Crippen molar-refractivity contribution in [3.8, 4) is 0 Å². The summed E-state index contributed by atoms with van der Waals surface area (Å²) in [5, 5.41) is 13.6. The lowest BCUT2D eigenvalue weighted by atomic mass is 9.97. The van der Waals surface area contributed by atoms with Gasteiger partial charge in [0.1, 0.15) is 11.6 Å². The molecule has 0 bridgehead atoms. The lowest BCUT2D eigenvalue weighted by Gasteiger charge is -2.13. The second-order valence-corrected chi connectivity index (χ2v) is 6.02. The van der Waals surface area contributed by atoms with Gasteiger partial charge in [-0.2, -0.15) is 0 Å². The molecule has 6 heteroatoms. The maximum absolute atomic E-state index is 13.6. The van der Waals surface area contributed by atoms with Crippen LogP contribution in [0.2, 0.25) is 0 Å². The van der Waals surface area contributed by atoms with Gasteiger partial charge in [-0.05, 0) is 56.4 Å². The number of rotatable bonds is 6. The van der Waals surface area contributed by atoms with Crippen molar-refractivity contribution in [3.63, 3.8) is 0 Å². The molecule has 25 heavy (non-hydrogen) atoms. The Bertz CT molecular complexity index is 758. The Morgan fingerprint density at radius 2 is 2.00 bits per heavy atom. The molecule has 1 heterocycles. The number of carbonyl (C=O) groups is 1. The van der Waals surface area contributed by atoms with Crippen LogP contribution in [-0.4, -0.2) is 22.6 Å². The molecular weight excluding hydrogens is 319 g/mol. The van der Waals surface area contributed by atoms with E-state index in [1.54, 1.807) is 24.3 Å². The molecule has 0 atom stereocenters. The van der Waals surface area contributed by atoms with Crippen molar-refractivity contribution in [1.82, 2.24) is 10.2 Å². The first-order valence-corrected chi connectivity index (χ1v) is 8.54. The molecule has 3 rings (SSSR count). The van der Waals surface area contributed by atoms with E-state index in [-0.39, 0.29) is 11.4 Å². The lowest BCUT2D eigenvalue weighted by Crippen LogP contribution is -2.16. The molecule has 2 N–H and O–H groups in total. The standard InChI is InChI=1S/C19H21FN4O/c20-15-8-4-5-9-16(15)22-19(25)17-10-11-18(24-23-17)21-13-12-14-6-2-1-3-7-14/h4-6,8-11H,1-3,7,12-13H2,(H,21,24)(H,22,25). The molecule has 0 saturated heterocycles. The number of aromatic nitrogens is 2. The monoisotopic (exact) mass is 340 g/mol. The highest BCUT2D eigenvalue weighted by Gasteiger charge is 2.11. The van der Waals surface area contributed by atoms with Crippen LogP contribution in [0.4, 0.5) is 15.9 Å². The van der Waals surface area contributed by atoms with E-state index in [1.165, 1.54) is 43.4 Å². The molecule has 0 fully saturated rings. The number of hydrogen-bond acceptors (Lipinski definition) is 4. The molecule has 1 aliphatic carbocycles. The first kappa shape index (κ1) is 17.1. The van der Waals surface area contributed by atoms with E-state index in [0.717, 1.165) is 13.0 Å². The van der Waals surface area contributed by atoms with Crippen LogP contribution < -0.4 is 10.6 Å². The number of benzene rings is 1. The normalized spacial score (nSPS) is 13.9. The van der Waals surface area contributed by atoms with Gasteiger partial charge in [-0.15, -0.1) is 10.2 Å². The topological polar surface area (TPSA) is 66.9 Å². The second kappa shape index (κ2) is 8.37. The zero-order valence-electron chi connectivity index (χ0n) is 14.0. The van der Waals surface area contributed by atoms with E-state index in [1.807, 2.05) is 0 Å². The van der Waals surface area contributed by atoms with E-state index >= 15 is 0 Å². The summed E-state index contributed by atoms with van der Waals surface area (Å²) in [6, 6.07) is 9.28. The number of amides is 1. The van der Waals surface area contributed by atoms with Gasteiger partial charge in [-0.25, -0.2) is 4.39 Å². The third kappa shape index (κ3) is 4.86. The number of para-hydroxylation sites is 1. The number of anilines is 2. The van der Waals surface area contributed by atoms with Gasteiger partial charge in [-0.1, -0.05) is 23.8 Å². The van der Waals surface area contributed by atoms with Crippen molar-refractivity contribution in [2.45, 2.75) is 32.1 Å². The zero-order chi connectivity index (χ0) is 17.5. The maximum atomic E-state index is 13.6. The molecular formula is C19H21FN4O. The van der Waals surface area contributed by atoms with E-state index in [4.69, 9.17) is 0 Å². The highest BCUT2D eigenvalue weighted by molar-refractivity contribution is 6.02. The van der Waals surface area contributed by atoms with Gasteiger partial charge >= 0.3 is 0 Å². The van der Waals surface area contributed by atoms with Crippen LogP contribution in [0.15, 0.2) is 48.0 Å². The smallest absolute Gasteiger partial charge is 0.276 e. The third-order valence-electron chi connectivity index (χ3n) is 4.16. The third-order valence-corrected chi connectivity index (χ3v) is 4.16. The Morgan fingerprint density at radius 1 is 1.12 bits per heavy atom. The minimum absolute atomic E-state index is 0.122. The van der Waals surface area contributed by atoms with Gasteiger partial charge < -0.3 is 10.6 Å². The van der Waals surface area contributed by atoms with E-state index < -0.39 is 11.7 Å². The van der Waals surface area contributed by atoms with Crippen molar-refractivity contribution in [3.05, 3.63) is 59.6 Å². The highest BCUT2D eigenvalue weighted by Crippen LogP contribution is 2.20. The van der Waals surface area contributed by atoms with E-state index in [0.29, 0.717) is 5.82 Å². The number of nitrogens with zero attached hydrogens (tertiary/aromatic N) is 2. The highest BCUT2D eigenvalue weighted by atomic mass is 19.1. The number of allylic oxidation sites excluding steroid dienone is 1. The summed E-state index contributed by atoms with van der Waals surface area (Å²) < 4.78 is 13.6. The summed E-state index contributed by atoms with van der Waals surface area (Å²) in [5.74, 6) is -0.352. The molecule has 1 aromatic carbocycles. The van der Waals surface area contributed by atoms with Crippen LogP contribution >= 0.6 is 0 Å². The Balaban J connectivity index is 1.52. The van der Waals surface area contributed by atoms with Gasteiger partial charge in [0.15, 0.2) is 5.69 Å². The molecule has 1 aliphatic rings. The van der Waals surface area contributed by atoms with Crippen LogP contribution in [-0.2, 0) is 0 Å².